The van der Waals surface area contributed by atoms with Gasteiger partial charge >= 0.3 is 0 Å². The Morgan fingerprint density at radius 3 is 3.00 bits per heavy atom. The molecule has 0 saturated carbocycles. The topological polar surface area (TPSA) is 74.6 Å². The zero-order valence-corrected chi connectivity index (χ0v) is 12.2. The molecule has 19 heavy (non-hydrogen) atoms. The summed E-state index contributed by atoms with van der Waals surface area (Å²) in [5.41, 5.74) is 0. The molecule has 0 aliphatic carbocycles. The molecule has 7 heteroatoms. The Balaban J connectivity index is 2.15. The number of furan rings is 1. The second-order valence-electron chi connectivity index (χ2n) is 4.22. The first kappa shape index (κ1) is 14.1. The molecule has 1 aromatic heterocycles. The van der Waals surface area contributed by atoms with Crippen LogP contribution in [-0.4, -0.2) is 48.9 Å². The second-order valence-corrected chi connectivity index (χ2v) is 5.00. The Labute approximate surface area is 119 Å². The number of nitrogens with one attached hydrogen (secondary N) is 2. The first-order valence-electron chi connectivity index (χ1n) is 6.18. The Kier molecular flexibility index (Phi) is 4.60. The Morgan fingerprint density at radius 2 is 2.37 bits per heavy atom. The molecule has 1 atom stereocenters. The molecule has 1 unspecified atom stereocenters. The maximum absolute atomic E-state index is 12.3. The van der Waals surface area contributed by atoms with Crippen LogP contribution in [0.5, 0.6) is 0 Å². The third-order valence-electron chi connectivity index (χ3n) is 2.94. The highest BCUT2D eigenvalue weighted by Gasteiger charge is 2.33. The van der Waals surface area contributed by atoms with Crippen molar-refractivity contribution in [3.8, 4) is 0 Å². The van der Waals surface area contributed by atoms with Crippen LogP contribution in [0.2, 0.25) is 0 Å². The summed E-state index contributed by atoms with van der Waals surface area (Å²) in [5.74, 6) is -0.166. The van der Waals surface area contributed by atoms with Crippen molar-refractivity contribution in [2.45, 2.75) is 13.0 Å². The molecule has 0 bridgehead atoms. The van der Waals surface area contributed by atoms with E-state index in [1.54, 1.807) is 17.0 Å². The van der Waals surface area contributed by atoms with Gasteiger partial charge in [-0.1, -0.05) is 0 Å². The molecule has 1 aliphatic heterocycles. The van der Waals surface area contributed by atoms with E-state index in [-0.39, 0.29) is 17.6 Å². The lowest BCUT2D eigenvalue weighted by atomic mass is 10.1. The summed E-state index contributed by atoms with van der Waals surface area (Å²) in [6.45, 7) is 4.01. The molecule has 104 valence electrons. The third-order valence-corrected chi connectivity index (χ3v) is 3.37. The third kappa shape index (κ3) is 3.16. The van der Waals surface area contributed by atoms with Crippen LogP contribution in [0, 0.1) is 0 Å². The number of rotatable bonds is 3. The zero-order chi connectivity index (χ0) is 13.8. The molecule has 0 radical (unpaired) electrons. The first-order valence-corrected chi connectivity index (χ1v) is 6.97. The van der Waals surface area contributed by atoms with E-state index >= 15 is 0 Å². The maximum Gasteiger partial charge on any atom is 0.290 e. The van der Waals surface area contributed by atoms with E-state index in [4.69, 9.17) is 4.42 Å². The molecule has 0 spiro atoms. The minimum Gasteiger partial charge on any atom is -0.444 e. The first-order chi connectivity index (χ1) is 9.13. The Morgan fingerprint density at radius 1 is 1.58 bits per heavy atom. The highest BCUT2D eigenvalue weighted by molar-refractivity contribution is 9.10. The van der Waals surface area contributed by atoms with Crippen molar-refractivity contribution < 1.29 is 14.0 Å². The highest BCUT2D eigenvalue weighted by atomic mass is 79.9. The van der Waals surface area contributed by atoms with Gasteiger partial charge in [0.1, 0.15) is 6.04 Å². The molecule has 1 saturated heterocycles. The van der Waals surface area contributed by atoms with E-state index in [1.807, 2.05) is 6.92 Å². The van der Waals surface area contributed by atoms with Crippen molar-refractivity contribution in [2.75, 3.05) is 26.2 Å². The van der Waals surface area contributed by atoms with E-state index < -0.39 is 6.04 Å². The average molecular weight is 330 g/mol. The number of carbonyl (C=O) groups is 2. The van der Waals surface area contributed by atoms with Crippen molar-refractivity contribution >= 4 is 27.7 Å². The average Bonchev–Trinajstić information content (AvgIpc) is 2.85. The molecule has 0 aromatic carbocycles. The number of halogens is 1. The van der Waals surface area contributed by atoms with E-state index in [2.05, 4.69) is 26.6 Å². The fourth-order valence-corrected chi connectivity index (χ4v) is 2.35. The minimum atomic E-state index is -0.495. The van der Waals surface area contributed by atoms with Crippen LogP contribution in [0.1, 0.15) is 17.5 Å². The molecule has 2 heterocycles. The molecule has 2 rings (SSSR count). The van der Waals surface area contributed by atoms with Crippen LogP contribution in [0.3, 0.4) is 0 Å². The summed E-state index contributed by atoms with van der Waals surface area (Å²) in [5, 5.41) is 5.87. The van der Waals surface area contributed by atoms with E-state index in [9.17, 15) is 9.59 Å². The molecule has 1 aromatic rings. The molecule has 6 nitrogen and oxygen atoms in total. The van der Waals surface area contributed by atoms with Gasteiger partial charge in [-0.3, -0.25) is 9.59 Å². The number of hydrogen-bond acceptors (Lipinski definition) is 4. The summed E-state index contributed by atoms with van der Waals surface area (Å²) in [6.07, 6.45) is 0. The van der Waals surface area contributed by atoms with Gasteiger partial charge in [-0.15, -0.1) is 0 Å². The standard InChI is InChI=1S/C12H16BrN3O3/c1-2-15-11(17)8-7-14-5-6-16(8)12(18)9-3-4-10(13)19-9/h3-4,8,14H,2,5-7H2,1H3,(H,15,17). The van der Waals surface area contributed by atoms with Crippen LogP contribution in [0.4, 0.5) is 0 Å². The van der Waals surface area contributed by atoms with Crippen molar-refractivity contribution in [3.63, 3.8) is 0 Å². The van der Waals surface area contributed by atoms with E-state index in [0.29, 0.717) is 30.8 Å². The Bertz CT molecular complexity index is 475. The number of hydrogen-bond donors (Lipinski definition) is 2. The lowest BCUT2D eigenvalue weighted by Gasteiger charge is -2.34. The van der Waals surface area contributed by atoms with Gasteiger partial charge in [0.15, 0.2) is 10.4 Å². The zero-order valence-electron chi connectivity index (χ0n) is 10.6. The number of nitrogens with zero attached hydrogens (tertiary/aromatic N) is 1. The van der Waals surface area contributed by atoms with Crippen LogP contribution < -0.4 is 10.6 Å². The van der Waals surface area contributed by atoms with Gasteiger partial charge in [0.25, 0.3) is 5.91 Å². The lowest BCUT2D eigenvalue weighted by Crippen LogP contribution is -2.59. The summed E-state index contributed by atoms with van der Waals surface area (Å²) >= 11 is 3.16. The monoisotopic (exact) mass is 329 g/mol. The van der Waals surface area contributed by atoms with Crippen molar-refractivity contribution in [1.29, 1.82) is 0 Å². The maximum atomic E-state index is 12.3. The van der Waals surface area contributed by atoms with Gasteiger partial charge in [-0.25, -0.2) is 0 Å². The van der Waals surface area contributed by atoms with Gasteiger partial charge in [-0.05, 0) is 35.0 Å². The fraction of sp³-hybridized carbons (Fsp3) is 0.500. The normalized spacial score (nSPS) is 19.3. The molecule has 2 N–H and O–H groups in total. The van der Waals surface area contributed by atoms with Crippen molar-refractivity contribution in [2.24, 2.45) is 0 Å². The van der Waals surface area contributed by atoms with E-state index in [1.165, 1.54) is 0 Å². The van der Waals surface area contributed by atoms with Crippen molar-refractivity contribution in [3.05, 3.63) is 22.6 Å². The summed E-state index contributed by atoms with van der Waals surface area (Å²) < 4.78 is 5.76. The van der Waals surface area contributed by atoms with Gasteiger partial charge < -0.3 is 20.0 Å². The molecule has 1 fully saturated rings. The van der Waals surface area contributed by atoms with Gasteiger partial charge in [0.05, 0.1) is 0 Å². The van der Waals surface area contributed by atoms with Crippen molar-refractivity contribution in [1.82, 2.24) is 15.5 Å². The predicted molar refractivity (Wildman–Crippen MR) is 72.8 cm³/mol. The van der Waals surface area contributed by atoms with Crippen LogP contribution in [0.15, 0.2) is 21.2 Å². The lowest BCUT2D eigenvalue weighted by molar-refractivity contribution is -0.126. The highest BCUT2D eigenvalue weighted by Crippen LogP contribution is 2.17. The molecule has 2 amide bonds. The molecular weight excluding hydrogens is 314 g/mol. The van der Waals surface area contributed by atoms with Crippen LogP contribution in [0.25, 0.3) is 0 Å². The molecule has 1 aliphatic rings. The summed E-state index contributed by atoms with van der Waals surface area (Å²) in [6, 6.07) is 2.77. The largest absolute Gasteiger partial charge is 0.444 e. The number of likely N-dealkylation sites (N-methyl/N-ethyl adjacent to an activating group) is 1. The number of amides is 2. The Hall–Kier alpha value is -1.34. The van der Waals surface area contributed by atoms with Gasteiger partial charge in [-0.2, -0.15) is 0 Å². The number of piperazine rings is 1. The van der Waals surface area contributed by atoms with Gasteiger partial charge in [0, 0.05) is 26.2 Å². The van der Waals surface area contributed by atoms with Crippen LogP contribution >= 0.6 is 15.9 Å². The fourth-order valence-electron chi connectivity index (χ4n) is 2.04. The quantitative estimate of drug-likeness (QED) is 0.851. The SMILES string of the molecule is CCNC(=O)C1CNCCN1C(=O)c1ccc(Br)o1. The summed E-state index contributed by atoms with van der Waals surface area (Å²) in [4.78, 5) is 25.8. The molecular formula is C12H16BrN3O3. The van der Waals surface area contributed by atoms with Gasteiger partial charge in [0.2, 0.25) is 5.91 Å². The van der Waals surface area contributed by atoms with Crippen LogP contribution in [-0.2, 0) is 4.79 Å². The number of carbonyl (C=O) groups excluding carboxylic acids is 2. The second kappa shape index (κ2) is 6.21. The van der Waals surface area contributed by atoms with E-state index in [0.717, 1.165) is 0 Å². The minimum absolute atomic E-state index is 0.145. The summed E-state index contributed by atoms with van der Waals surface area (Å²) in [7, 11) is 0. The predicted octanol–water partition coefficient (Wildman–Crippen LogP) is 0.592. The smallest absolute Gasteiger partial charge is 0.290 e.